The molecular formula is C31H37NO4. The van der Waals surface area contributed by atoms with Gasteiger partial charge < -0.3 is 15.1 Å². The van der Waals surface area contributed by atoms with Gasteiger partial charge in [0.15, 0.2) is 0 Å². The summed E-state index contributed by atoms with van der Waals surface area (Å²) in [4.78, 5) is 26.7. The second kappa shape index (κ2) is 13.5. The number of carbonyl (C=O) groups excluding carboxylic acids is 1. The maximum Gasteiger partial charge on any atom is 0.339 e. The summed E-state index contributed by atoms with van der Waals surface area (Å²) in [5, 5.41) is 19.2. The monoisotopic (exact) mass is 487 g/mol. The largest absolute Gasteiger partial charge is 0.507 e. The minimum absolute atomic E-state index is 0.0853. The molecule has 0 aliphatic heterocycles. The van der Waals surface area contributed by atoms with Crippen molar-refractivity contribution >= 4 is 11.9 Å². The summed E-state index contributed by atoms with van der Waals surface area (Å²) in [6, 6.07) is 20.8. The van der Waals surface area contributed by atoms with Gasteiger partial charge in [-0.05, 0) is 65.8 Å². The zero-order valence-electron chi connectivity index (χ0n) is 21.4. The number of unbranched alkanes of at least 4 members (excludes halogenated alkanes) is 4. The molecule has 3 aromatic rings. The van der Waals surface area contributed by atoms with Crippen molar-refractivity contribution in [2.45, 2.75) is 65.3 Å². The molecule has 3 aromatic carbocycles. The zero-order valence-corrected chi connectivity index (χ0v) is 21.4. The molecule has 190 valence electrons. The van der Waals surface area contributed by atoms with Gasteiger partial charge in [-0.1, -0.05) is 82.0 Å². The Morgan fingerprint density at radius 1 is 0.750 bits per heavy atom. The SMILES string of the molecule is CCCCCCN(Cc1ccc(O)c(C(=O)O)c1)C(=O)c1ccc(-c2ccc(CCCC)cc2)cc1. The van der Waals surface area contributed by atoms with Crippen LogP contribution in [0.15, 0.2) is 66.7 Å². The molecular weight excluding hydrogens is 450 g/mol. The van der Waals surface area contributed by atoms with E-state index in [1.165, 1.54) is 30.5 Å². The molecule has 36 heavy (non-hydrogen) atoms. The molecule has 0 spiro atoms. The third-order valence-corrected chi connectivity index (χ3v) is 6.47. The van der Waals surface area contributed by atoms with Crippen LogP contribution in [0.4, 0.5) is 0 Å². The van der Waals surface area contributed by atoms with E-state index in [2.05, 4.69) is 38.1 Å². The highest BCUT2D eigenvalue weighted by molar-refractivity contribution is 5.95. The number of rotatable bonds is 13. The van der Waals surface area contributed by atoms with Crippen molar-refractivity contribution in [1.29, 1.82) is 0 Å². The summed E-state index contributed by atoms with van der Waals surface area (Å²) in [6.07, 6.45) is 7.58. The Kier molecular flexibility index (Phi) is 10.1. The zero-order chi connectivity index (χ0) is 25.9. The molecule has 5 nitrogen and oxygen atoms in total. The number of carboxylic acids is 1. The number of benzene rings is 3. The molecule has 0 aromatic heterocycles. The molecule has 0 saturated heterocycles. The minimum atomic E-state index is -1.19. The van der Waals surface area contributed by atoms with E-state index in [0.29, 0.717) is 17.7 Å². The van der Waals surface area contributed by atoms with E-state index >= 15 is 0 Å². The molecule has 0 atom stereocenters. The molecule has 0 fully saturated rings. The Bertz CT molecular complexity index is 1140. The van der Waals surface area contributed by atoms with Crippen molar-refractivity contribution in [1.82, 2.24) is 4.90 Å². The number of hydrogen-bond donors (Lipinski definition) is 2. The second-order valence-corrected chi connectivity index (χ2v) is 9.32. The lowest BCUT2D eigenvalue weighted by atomic mass is 10.0. The van der Waals surface area contributed by atoms with E-state index in [-0.39, 0.29) is 23.8 Å². The van der Waals surface area contributed by atoms with Gasteiger partial charge in [0.1, 0.15) is 11.3 Å². The normalized spacial score (nSPS) is 10.8. The van der Waals surface area contributed by atoms with Gasteiger partial charge in [0, 0.05) is 18.7 Å². The van der Waals surface area contributed by atoms with E-state index in [4.69, 9.17) is 0 Å². The van der Waals surface area contributed by atoms with Crippen molar-refractivity contribution in [3.8, 4) is 16.9 Å². The first-order valence-electron chi connectivity index (χ1n) is 13.0. The lowest BCUT2D eigenvalue weighted by Gasteiger charge is -2.23. The van der Waals surface area contributed by atoms with Gasteiger partial charge in [0.25, 0.3) is 5.91 Å². The average molecular weight is 488 g/mol. The van der Waals surface area contributed by atoms with Crippen LogP contribution < -0.4 is 0 Å². The van der Waals surface area contributed by atoms with Gasteiger partial charge in [-0.2, -0.15) is 0 Å². The van der Waals surface area contributed by atoms with Gasteiger partial charge in [0.2, 0.25) is 0 Å². The highest BCUT2D eigenvalue weighted by Crippen LogP contribution is 2.23. The van der Waals surface area contributed by atoms with Gasteiger partial charge in [-0.15, -0.1) is 0 Å². The number of hydrogen-bond acceptors (Lipinski definition) is 3. The van der Waals surface area contributed by atoms with Crippen LogP contribution in [0.2, 0.25) is 0 Å². The summed E-state index contributed by atoms with van der Waals surface area (Å²) in [5.41, 5.74) is 4.64. The van der Waals surface area contributed by atoms with Crippen LogP contribution in [0, 0.1) is 0 Å². The average Bonchev–Trinajstić information content (AvgIpc) is 2.90. The first-order valence-corrected chi connectivity index (χ1v) is 13.0. The molecule has 0 unspecified atom stereocenters. The Balaban J connectivity index is 1.76. The summed E-state index contributed by atoms with van der Waals surface area (Å²) >= 11 is 0. The van der Waals surface area contributed by atoms with Crippen molar-refractivity contribution in [3.63, 3.8) is 0 Å². The maximum atomic E-state index is 13.5. The standard InChI is InChI=1S/C31H37NO4/c1-3-5-7-8-20-32(22-24-12-19-29(33)28(21-24)31(35)36)30(34)27-17-15-26(16-18-27)25-13-10-23(11-14-25)9-6-4-2/h10-19,21,33H,3-9,20,22H2,1-2H3,(H,35,36). The van der Waals surface area contributed by atoms with Crippen molar-refractivity contribution in [3.05, 3.63) is 89.0 Å². The Hall–Kier alpha value is -3.60. The number of aromatic carboxylic acids is 1. The van der Waals surface area contributed by atoms with Crippen molar-refractivity contribution in [2.24, 2.45) is 0 Å². The highest BCUT2D eigenvalue weighted by Gasteiger charge is 2.18. The lowest BCUT2D eigenvalue weighted by Crippen LogP contribution is -2.31. The van der Waals surface area contributed by atoms with E-state index in [1.54, 1.807) is 11.0 Å². The second-order valence-electron chi connectivity index (χ2n) is 9.32. The fourth-order valence-corrected chi connectivity index (χ4v) is 4.29. The third kappa shape index (κ3) is 7.45. The van der Waals surface area contributed by atoms with Gasteiger partial charge >= 0.3 is 5.97 Å². The number of aryl methyl sites for hydroxylation is 1. The van der Waals surface area contributed by atoms with Gasteiger partial charge in [-0.3, -0.25) is 4.79 Å². The Morgan fingerprint density at radius 3 is 1.97 bits per heavy atom. The van der Waals surface area contributed by atoms with E-state index in [0.717, 1.165) is 43.2 Å². The van der Waals surface area contributed by atoms with Crippen LogP contribution in [0.1, 0.15) is 84.2 Å². The Morgan fingerprint density at radius 2 is 1.36 bits per heavy atom. The number of nitrogens with zero attached hydrogens (tertiary/aromatic N) is 1. The summed E-state index contributed by atoms with van der Waals surface area (Å²) < 4.78 is 0. The highest BCUT2D eigenvalue weighted by atomic mass is 16.4. The topological polar surface area (TPSA) is 77.8 Å². The summed E-state index contributed by atoms with van der Waals surface area (Å²) in [5.74, 6) is -1.55. The van der Waals surface area contributed by atoms with E-state index in [9.17, 15) is 19.8 Å². The number of carboxylic acid groups (broad SMARTS) is 1. The summed E-state index contributed by atoms with van der Waals surface area (Å²) in [6.45, 7) is 5.21. The smallest absolute Gasteiger partial charge is 0.339 e. The minimum Gasteiger partial charge on any atom is -0.507 e. The molecule has 5 heteroatoms. The van der Waals surface area contributed by atoms with Crippen LogP contribution in [-0.2, 0) is 13.0 Å². The third-order valence-electron chi connectivity index (χ3n) is 6.47. The molecule has 0 aliphatic rings. The van der Waals surface area contributed by atoms with E-state index < -0.39 is 5.97 Å². The van der Waals surface area contributed by atoms with Crippen LogP contribution >= 0.6 is 0 Å². The molecule has 2 N–H and O–H groups in total. The molecule has 3 rings (SSSR count). The van der Waals surface area contributed by atoms with E-state index in [1.807, 2.05) is 24.3 Å². The predicted molar refractivity (Wildman–Crippen MR) is 144 cm³/mol. The molecule has 0 bridgehead atoms. The van der Waals surface area contributed by atoms with Crippen LogP contribution in [0.25, 0.3) is 11.1 Å². The molecule has 0 aliphatic carbocycles. The summed E-state index contributed by atoms with van der Waals surface area (Å²) in [7, 11) is 0. The number of phenols is 1. The van der Waals surface area contributed by atoms with Gasteiger partial charge in [-0.25, -0.2) is 4.79 Å². The predicted octanol–water partition coefficient (Wildman–Crippen LogP) is 7.32. The number of carbonyl (C=O) groups is 2. The molecule has 0 saturated carbocycles. The molecule has 0 heterocycles. The first-order chi connectivity index (χ1) is 17.4. The quantitative estimate of drug-likeness (QED) is 0.248. The van der Waals surface area contributed by atoms with Crippen molar-refractivity contribution < 1.29 is 19.8 Å². The first kappa shape index (κ1) is 27.0. The van der Waals surface area contributed by atoms with Crippen LogP contribution in [0.5, 0.6) is 5.75 Å². The number of amides is 1. The van der Waals surface area contributed by atoms with Gasteiger partial charge in [0.05, 0.1) is 0 Å². The van der Waals surface area contributed by atoms with Crippen LogP contribution in [0.3, 0.4) is 0 Å². The molecule has 1 amide bonds. The fraction of sp³-hybridized carbons (Fsp3) is 0.355. The molecule has 0 radical (unpaired) electrons. The Labute approximate surface area is 214 Å². The number of aromatic hydroxyl groups is 1. The maximum absolute atomic E-state index is 13.5. The van der Waals surface area contributed by atoms with Crippen molar-refractivity contribution in [2.75, 3.05) is 6.54 Å². The lowest BCUT2D eigenvalue weighted by molar-refractivity contribution is 0.0693. The fourth-order valence-electron chi connectivity index (χ4n) is 4.29. The van der Waals surface area contributed by atoms with Crippen LogP contribution in [-0.4, -0.2) is 33.5 Å².